The Morgan fingerprint density at radius 3 is 2.35 bits per heavy atom. The summed E-state index contributed by atoms with van der Waals surface area (Å²) in [6.45, 7) is 4.28. The van der Waals surface area contributed by atoms with Crippen molar-refractivity contribution < 1.29 is 14.0 Å². The molecule has 0 radical (unpaired) electrons. The van der Waals surface area contributed by atoms with E-state index in [9.17, 15) is 4.57 Å². The molecule has 1 unspecified atom stereocenters. The van der Waals surface area contributed by atoms with Gasteiger partial charge in [0.25, 0.3) is 0 Å². The molecule has 0 aliphatic carbocycles. The minimum absolute atomic E-state index is 0.0802. The van der Waals surface area contributed by atoms with E-state index < -0.39 is 8.25 Å². The molecule has 0 bridgehead atoms. The van der Waals surface area contributed by atoms with Gasteiger partial charge in [-0.15, -0.1) is 0 Å². The number of unbranched alkanes of at least 4 members (excludes halogenated alkanes) is 1. The molecule has 0 heterocycles. The van der Waals surface area contributed by atoms with Crippen molar-refractivity contribution in [2.45, 2.75) is 26.7 Å². The molecular weight excluding hydrogens is 237 g/mol. The van der Waals surface area contributed by atoms with Crippen molar-refractivity contribution >= 4 is 14.5 Å². The minimum Gasteiger partial charge on any atom is -0.326 e. The van der Waals surface area contributed by atoms with E-state index in [2.05, 4.69) is 23.4 Å². The summed E-state index contributed by atoms with van der Waals surface area (Å²) in [6, 6.07) is 9.44. The first-order valence-corrected chi connectivity index (χ1v) is 6.87. The van der Waals surface area contributed by atoms with Gasteiger partial charge < -0.3 is 4.89 Å². The Bertz CT molecular complexity index is 326. The summed E-state index contributed by atoms with van der Waals surface area (Å²) < 4.78 is 14.5. The molecule has 0 spiro atoms. The van der Waals surface area contributed by atoms with E-state index in [4.69, 9.17) is 4.89 Å². The molecule has 1 aromatic rings. The van der Waals surface area contributed by atoms with Crippen LogP contribution in [0.4, 0.5) is 0 Å². The molecule has 1 aromatic carbocycles. The predicted octanol–water partition coefficient (Wildman–Crippen LogP) is 3.27. The third-order valence-corrected chi connectivity index (χ3v) is 2.18. The molecule has 0 saturated heterocycles. The molecule has 96 valence electrons. The SMILES string of the molecule is CCCC.O=[PH](O)OC/N=C/c1ccccc1. The first-order chi connectivity index (χ1) is 8.20. The van der Waals surface area contributed by atoms with Crippen LogP contribution in [0.1, 0.15) is 32.3 Å². The molecule has 1 N–H and O–H groups in total. The number of benzene rings is 1. The molecule has 1 atom stereocenters. The Hall–Kier alpha value is -0.960. The maximum atomic E-state index is 10.1. The fraction of sp³-hybridized carbons (Fsp3) is 0.417. The summed E-state index contributed by atoms with van der Waals surface area (Å²) in [4.78, 5) is 12.1. The zero-order valence-corrected chi connectivity index (χ0v) is 11.3. The van der Waals surface area contributed by atoms with E-state index in [1.807, 2.05) is 30.3 Å². The van der Waals surface area contributed by atoms with Gasteiger partial charge in [0.2, 0.25) is 0 Å². The first-order valence-electron chi connectivity index (χ1n) is 5.61. The summed E-state index contributed by atoms with van der Waals surface area (Å²) in [7, 11) is -2.85. The van der Waals surface area contributed by atoms with Crippen molar-refractivity contribution in [3.8, 4) is 0 Å². The quantitative estimate of drug-likeness (QED) is 0.650. The second-order valence-electron chi connectivity index (χ2n) is 3.26. The Kier molecular flexibility index (Phi) is 10.9. The number of hydrogen-bond acceptors (Lipinski definition) is 3. The molecule has 0 aromatic heterocycles. The fourth-order valence-corrected chi connectivity index (χ4v) is 0.959. The van der Waals surface area contributed by atoms with Crippen LogP contribution in [-0.4, -0.2) is 17.8 Å². The summed E-state index contributed by atoms with van der Waals surface area (Å²) >= 11 is 0. The van der Waals surface area contributed by atoms with Crippen molar-refractivity contribution in [2.24, 2.45) is 4.99 Å². The van der Waals surface area contributed by atoms with Gasteiger partial charge in [-0.3, -0.25) is 14.1 Å². The molecule has 0 amide bonds. The van der Waals surface area contributed by atoms with Crippen molar-refractivity contribution in [3.05, 3.63) is 35.9 Å². The van der Waals surface area contributed by atoms with Crippen LogP contribution in [0.3, 0.4) is 0 Å². The van der Waals surface area contributed by atoms with Crippen LogP contribution in [0.15, 0.2) is 35.3 Å². The standard InChI is InChI=1S/C8H10NO3P.C4H10/c10-13(11)12-7-9-6-8-4-2-1-3-5-8;1-3-4-2/h1-6,13H,7H2,(H,10,11);3-4H2,1-2H3/b9-6+;. The topological polar surface area (TPSA) is 58.9 Å². The molecule has 5 heteroatoms. The van der Waals surface area contributed by atoms with E-state index in [1.54, 1.807) is 6.21 Å². The van der Waals surface area contributed by atoms with Gasteiger partial charge in [0.15, 0.2) is 0 Å². The summed E-state index contributed by atoms with van der Waals surface area (Å²) in [6.07, 6.45) is 4.23. The van der Waals surface area contributed by atoms with Gasteiger partial charge in [-0.1, -0.05) is 57.0 Å². The molecule has 4 nitrogen and oxygen atoms in total. The van der Waals surface area contributed by atoms with Gasteiger partial charge in [-0.25, -0.2) is 0 Å². The summed E-state index contributed by atoms with van der Waals surface area (Å²) in [5.74, 6) is 0. The maximum Gasteiger partial charge on any atom is 0.318 e. The predicted molar refractivity (Wildman–Crippen MR) is 71.8 cm³/mol. The van der Waals surface area contributed by atoms with Crippen LogP contribution in [0.2, 0.25) is 0 Å². The first kappa shape index (κ1) is 16.0. The molecule has 0 saturated carbocycles. The highest BCUT2D eigenvalue weighted by Crippen LogP contribution is 2.13. The van der Waals surface area contributed by atoms with Gasteiger partial charge in [-0.2, -0.15) is 0 Å². The lowest BCUT2D eigenvalue weighted by Crippen LogP contribution is -1.84. The van der Waals surface area contributed by atoms with E-state index in [0.29, 0.717) is 0 Å². The van der Waals surface area contributed by atoms with Crippen LogP contribution >= 0.6 is 8.25 Å². The lowest BCUT2D eigenvalue weighted by molar-refractivity contribution is 0.292. The summed E-state index contributed by atoms with van der Waals surface area (Å²) in [5.41, 5.74) is 0.934. The fourth-order valence-electron chi connectivity index (χ4n) is 0.774. The van der Waals surface area contributed by atoms with Gasteiger partial charge in [-0.05, 0) is 5.56 Å². The lowest BCUT2D eigenvalue weighted by atomic mass is 10.2. The molecule has 0 fully saturated rings. The number of rotatable bonds is 5. The number of hydrogen-bond donors (Lipinski definition) is 1. The highest BCUT2D eigenvalue weighted by molar-refractivity contribution is 7.32. The monoisotopic (exact) mass is 257 g/mol. The summed E-state index contributed by atoms with van der Waals surface area (Å²) in [5, 5.41) is 0. The average molecular weight is 257 g/mol. The van der Waals surface area contributed by atoms with Crippen LogP contribution < -0.4 is 0 Å². The van der Waals surface area contributed by atoms with Crippen LogP contribution in [0.25, 0.3) is 0 Å². The average Bonchev–Trinajstić information content (AvgIpc) is 2.36. The lowest BCUT2D eigenvalue weighted by Gasteiger charge is -1.93. The molecule has 0 aliphatic rings. The Labute approximate surface area is 103 Å². The molecular formula is C12H20NO3P. The second kappa shape index (κ2) is 11.5. The molecule has 1 rings (SSSR count). The normalized spacial score (nSPS) is 11.9. The van der Waals surface area contributed by atoms with Crippen LogP contribution in [0, 0.1) is 0 Å². The Balaban J connectivity index is 0.000000557. The highest BCUT2D eigenvalue weighted by Gasteiger charge is 1.87. The number of aliphatic imine (C=N–C) groups is 1. The molecule has 17 heavy (non-hydrogen) atoms. The van der Waals surface area contributed by atoms with Gasteiger partial charge in [0.05, 0.1) is 0 Å². The Morgan fingerprint density at radius 2 is 1.88 bits per heavy atom. The second-order valence-corrected chi connectivity index (χ2v) is 4.08. The van der Waals surface area contributed by atoms with E-state index in [0.717, 1.165) is 5.56 Å². The van der Waals surface area contributed by atoms with Gasteiger partial charge in [0, 0.05) is 6.21 Å². The van der Waals surface area contributed by atoms with Crippen molar-refractivity contribution in [1.82, 2.24) is 0 Å². The highest BCUT2D eigenvalue weighted by atomic mass is 31.1. The van der Waals surface area contributed by atoms with E-state index >= 15 is 0 Å². The Morgan fingerprint density at radius 1 is 1.29 bits per heavy atom. The van der Waals surface area contributed by atoms with Crippen LogP contribution in [-0.2, 0) is 9.09 Å². The van der Waals surface area contributed by atoms with Gasteiger partial charge in [0.1, 0.15) is 6.73 Å². The largest absolute Gasteiger partial charge is 0.326 e. The number of nitrogens with zero attached hydrogens (tertiary/aromatic N) is 1. The zero-order valence-electron chi connectivity index (χ0n) is 10.3. The van der Waals surface area contributed by atoms with Crippen LogP contribution in [0.5, 0.6) is 0 Å². The van der Waals surface area contributed by atoms with Crippen molar-refractivity contribution in [1.29, 1.82) is 0 Å². The van der Waals surface area contributed by atoms with Crippen molar-refractivity contribution in [3.63, 3.8) is 0 Å². The molecule has 0 aliphatic heterocycles. The van der Waals surface area contributed by atoms with Crippen molar-refractivity contribution in [2.75, 3.05) is 6.73 Å². The zero-order chi connectivity index (χ0) is 12.9. The smallest absolute Gasteiger partial charge is 0.318 e. The maximum absolute atomic E-state index is 10.1. The third kappa shape index (κ3) is 11.3. The minimum atomic E-state index is -2.85. The van der Waals surface area contributed by atoms with Gasteiger partial charge >= 0.3 is 8.25 Å². The van der Waals surface area contributed by atoms with E-state index in [-0.39, 0.29) is 6.73 Å². The van der Waals surface area contributed by atoms with E-state index in [1.165, 1.54) is 12.8 Å². The third-order valence-electron chi connectivity index (χ3n) is 1.80.